The van der Waals surface area contributed by atoms with Crippen molar-refractivity contribution in [2.45, 2.75) is 26.2 Å². The van der Waals surface area contributed by atoms with E-state index in [1.807, 2.05) is 0 Å². The van der Waals surface area contributed by atoms with Crippen LogP contribution < -0.4 is 0 Å². The molecule has 0 heterocycles. The second kappa shape index (κ2) is 4.17. The number of hydrogen-bond acceptors (Lipinski definition) is 0. The van der Waals surface area contributed by atoms with Crippen LogP contribution in [0.25, 0.3) is 0 Å². The van der Waals surface area contributed by atoms with Crippen LogP contribution in [0.4, 0.5) is 0 Å². The Morgan fingerprint density at radius 3 is 2.29 bits per heavy atom. The molecule has 2 radical (unpaired) electrons. The summed E-state index contributed by atoms with van der Waals surface area (Å²) in [6.07, 6.45) is 3.45. The van der Waals surface area contributed by atoms with Gasteiger partial charge in [0, 0.05) is 0 Å². The summed E-state index contributed by atoms with van der Waals surface area (Å²) in [6.45, 7) is 9.80. The first-order valence-electron chi connectivity index (χ1n) is 2.93. The predicted molar refractivity (Wildman–Crippen MR) is 33.7 cm³/mol. The Balaban J connectivity index is 2.83. The average molecular weight is 98.2 g/mol. The molecule has 0 aromatic heterocycles. The monoisotopic (exact) mass is 98.1 g/mol. The first-order valence-corrected chi connectivity index (χ1v) is 2.93. The zero-order valence-corrected chi connectivity index (χ0v) is 5.11. The average Bonchev–Trinajstić information content (AvgIpc) is 1.68. The number of hydrogen-bond donors (Lipinski definition) is 0. The Kier molecular flexibility index (Phi) is 4.17. The van der Waals surface area contributed by atoms with Crippen molar-refractivity contribution in [3.63, 3.8) is 0 Å². The van der Waals surface area contributed by atoms with Crippen LogP contribution in [0.3, 0.4) is 0 Å². The lowest BCUT2D eigenvalue weighted by atomic mass is 10.0. The Labute approximate surface area is 46.9 Å². The molecule has 0 heteroatoms. The van der Waals surface area contributed by atoms with Crippen molar-refractivity contribution < 1.29 is 0 Å². The smallest absolute Gasteiger partial charge is 0.0414 e. The van der Waals surface area contributed by atoms with E-state index in [4.69, 9.17) is 0 Å². The molecule has 0 saturated carbocycles. The van der Waals surface area contributed by atoms with Gasteiger partial charge in [0.1, 0.15) is 0 Å². The van der Waals surface area contributed by atoms with E-state index in [-0.39, 0.29) is 0 Å². The Bertz CT molecular complexity index is 31.0. The fourth-order valence-corrected chi connectivity index (χ4v) is 0.553. The lowest BCUT2D eigenvalue weighted by molar-refractivity contribution is 0.583. The van der Waals surface area contributed by atoms with Crippen molar-refractivity contribution in [3.8, 4) is 0 Å². The molecular weight excluding hydrogens is 84.1 g/mol. The third-order valence-electron chi connectivity index (χ3n) is 1.11. The lowest BCUT2D eigenvalue weighted by Crippen LogP contribution is -1.89. The molecule has 0 aliphatic heterocycles. The molecule has 7 heavy (non-hydrogen) atoms. The molecule has 1 atom stereocenters. The highest BCUT2D eigenvalue weighted by atomic mass is 14.0. The molecule has 0 spiro atoms. The normalized spacial score (nSPS) is 14.1. The molecule has 42 valence electrons. The van der Waals surface area contributed by atoms with Crippen LogP contribution in [-0.2, 0) is 0 Å². The van der Waals surface area contributed by atoms with Gasteiger partial charge in [0.25, 0.3) is 0 Å². The largest absolute Gasteiger partial charge is 0.0654 e. The van der Waals surface area contributed by atoms with Gasteiger partial charge >= 0.3 is 0 Å². The summed E-state index contributed by atoms with van der Waals surface area (Å²) in [4.78, 5) is 0. The van der Waals surface area contributed by atoms with E-state index in [2.05, 4.69) is 20.8 Å². The molecule has 0 aliphatic rings. The summed E-state index contributed by atoms with van der Waals surface area (Å²) in [5.41, 5.74) is 0. The van der Waals surface area contributed by atoms with Crippen LogP contribution in [-0.4, -0.2) is 0 Å². The highest BCUT2D eigenvalue weighted by Crippen LogP contribution is 2.06. The third-order valence-corrected chi connectivity index (χ3v) is 1.11. The molecule has 0 aliphatic carbocycles. The maximum atomic E-state index is 3.88. The molecule has 0 saturated heterocycles. The summed E-state index contributed by atoms with van der Waals surface area (Å²) in [5.74, 6) is 0.588. The van der Waals surface area contributed by atoms with E-state index in [9.17, 15) is 0 Å². The first-order chi connectivity index (χ1) is 3.31. The van der Waals surface area contributed by atoms with Crippen molar-refractivity contribution in [2.75, 3.05) is 0 Å². The van der Waals surface area contributed by atoms with Crippen molar-refractivity contribution >= 4 is 0 Å². The minimum Gasteiger partial charge on any atom is -0.0654 e. The third kappa shape index (κ3) is 3.84. The van der Waals surface area contributed by atoms with Gasteiger partial charge in [-0.1, -0.05) is 40.0 Å². The molecule has 0 aromatic rings. The first kappa shape index (κ1) is 7.00. The van der Waals surface area contributed by atoms with Crippen molar-refractivity contribution in [1.82, 2.24) is 0 Å². The minimum atomic E-state index is 0.588. The van der Waals surface area contributed by atoms with E-state index < -0.39 is 0 Å². The van der Waals surface area contributed by atoms with Gasteiger partial charge in [0.2, 0.25) is 0 Å². The fourth-order valence-electron chi connectivity index (χ4n) is 0.553. The zero-order valence-electron chi connectivity index (χ0n) is 5.11. The van der Waals surface area contributed by atoms with Crippen LogP contribution in [0, 0.1) is 19.8 Å². The van der Waals surface area contributed by atoms with Gasteiger partial charge < -0.3 is 0 Å². The zero-order chi connectivity index (χ0) is 5.70. The molecule has 0 N–H and O–H groups in total. The highest BCUT2D eigenvalue weighted by molar-refractivity contribution is 4.60. The standard InChI is InChI=1S/C7H14/c1-4-6-7(3)5-2/h7H,2-6H2,1H3. The summed E-state index contributed by atoms with van der Waals surface area (Å²) in [6, 6.07) is 0. The molecule has 0 aromatic carbocycles. The SMILES string of the molecule is [CH2]CC([CH2])CCC. The van der Waals surface area contributed by atoms with Gasteiger partial charge in [-0.05, 0) is 5.92 Å². The van der Waals surface area contributed by atoms with Crippen LogP contribution in [0.2, 0.25) is 0 Å². The van der Waals surface area contributed by atoms with E-state index in [1.165, 1.54) is 12.8 Å². The van der Waals surface area contributed by atoms with E-state index >= 15 is 0 Å². The van der Waals surface area contributed by atoms with E-state index in [1.54, 1.807) is 0 Å². The second-order valence-corrected chi connectivity index (χ2v) is 1.94. The number of rotatable bonds is 3. The Morgan fingerprint density at radius 2 is 2.14 bits per heavy atom. The molecule has 0 bridgehead atoms. The summed E-state index contributed by atoms with van der Waals surface area (Å²) >= 11 is 0. The second-order valence-electron chi connectivity index (χ2n) is 1.94. The summed E-state index contributed by atoms with van der Waals surface area (Å²) < 4.78 is 0. The van der Waals surface area contributed by atoms with Gasteiger partial charge in [-0.15, -0.1) is 0 Å². The molecular formula is C7H14. The van der Waals surface area contributed by atoms with Crippen molar-refractivity contribution in [3.05, 3.63) is 13.8 Å². The minimum absolute atomic E-state index is 0.588. The van der Waals surface area contributed by atoms with Gasteiger partial charge in [-0.25, -0.2) is 0 Å². The Hall–Kier alpha value is 0. The van der Waals surface area contributed by atoms with E-state index in [0.717, 1.165) is 6.42 Å². The fraction of sp³-hybridized carbons (Fsp3) is 0.714. The topological polar surface area (TPSA) is 0 Å². The lowest BCUT2D eigenvalue weighted by Gasteiger charge is -2.02. The quantitative estimate of drug-likeness (QED) is 0.508. The highest BCUT2D eigenvalue weighted by Gasteiger charge is 1.92. The molecule has 0 nitrogen and oxygen atoms in total. The van der Waals surface area contributed by atoms with Crippen LogP contribution in [0.15, 0.2) is 0 Å². The molecule has 0 rings (SSSR count). The summed E-state index contributed by atoms with van der Waals surface area (Å²) in [7, 11) is 0. The predicted octanol–water partition coefficient (Wildman–Crippen LogP) is 2.46. The Morgan fingerprint density at radius 1 is 1.57 bits per heavy atom. The van der Waals surface area contributed by atoms with Crippen LogP contribution >= 0.6 is 0 Å². The maximum Gasteiger partial charge on any atom is -0.0414 e. The molecule has 0 amide bonds. The maximum absolute atomic E-state index is 3.88. The van der Waals surface area contributed by atoms with Crippen LogP contribution in [0.5, 0.6) is 0 Å². The van der Waals surface area contributed by atoms with Crippen molar-refractivity contribution in [2.24, 2.45) is 5.92 Å². The van der Waals surface area contributed by atoms with Gasteiger partial charge in [0.15, 0.2) is 0 Å². The van der Waals surface area contributed by atoms with Gasteiger partial charge in [-0.2, -0.15) is 0 Å². The van der Waals surface area contributed by atoms with Gasteiger partial charge in [-0.3, -0.25) is 0 Å². The van der Waals surface area contributed by atoms with Gasteiger partial charge in [0.05, 0.1) is 0 Å². The molecule has 0 fully saturated rings. The van der Waals surface area contributed by atoms with Crippen molar-refractivity contribution in [1.29, 1.82) is 0 Å². The summed E-state index contributed by atoms with van der Waals surface area (Å²) in [5, 5.41) is 0. The van der Waals surface area contributed by atoms with E-state index in [0.29, 0.717) is 5.92 Å². The molecule has 1 unspecified atom stereocenters. The van der Waals surface area contributed by atoms with Crippen LogP contribution in [0.1, 0.15) is 26.2 Å².